The van der Waals surface area contributed by atoms with Crippen LogP contribution in [-0.4, -0.2) is 23.8 Å². The fourth-order valence-electron chi connectivity index (χ4n) is 3.37. The van der Waals surface area contributed by atoms with Gasteiger partial charge in [-0.05, 0) is 49.8 Å². The van der Waals surface area contributed by atoms with Crippen LogP contribution in [0.25, 0.3) is 6.08 Å². The summed E-state index contributed by atoms with van der Waals surface area (Å²) in [5.74, 6) is -0.512. The molecular formula is C22H28O3. The molecule has 0 radical (unpaired) electrons. The summed E-state index contributed by atoms with van der Waals surface area (Å²) in [5, 5.41) is 11.3. The smallest absolute Gasteiger partial charge is 0.347 e. The highest BCUT2D eigenvalue weighted by molar-refractivity contribution is 5.87. The third-order valence-electron chi connectivity index (χ3n) is 4.62. The van der Waals surface area contributed by atoms with Crippen molar-refractivity contribution < 1.29 is 14.6 Å². The van der Waals surface area contributed by atoms with E-state index >= 15 is 0 Å². The SMILES string of the molecule is COC(=O)[C@@](O)(/C=C/c1ccccc1)C(=C=C(C)C)C1CCCCC1. The fourth-order valence-corrected chi connectivity index (χ4v) is 3.37. The van der Waals surface area contributed by atoms with E-state index in [1.165, 1.54) is 13.5 Å². The van der Waals surface area contributed by atoms with E-state index in [9.17, 15) is 9.90 Å². The molecule has 1 saturated carbocycles. The summed E-state index contributed by atoms with van der Waals surface area (Å²) in [4.78, 5) is 12.5. The van der Waals surface area contributed by atoms with Crippen molar-refractivity contribution in [2.45, 2.75) is 51.6 Å². The molecule has 0 spiro atoms. The summed E-state index contributed by atoms with van der Waals surface area (Å²) < 4.78 is 4.95. The zero-order chi connectivity index (χ0) is 18.3. The lowest BCUT2D eigenvalue weighted by Gasteiger charge is -2.32. The van der Waals surface area contributed by atoms with E-state index in [-0.39, 0.29) is 5.92 Å². The van der Waals surface area contributed by atoms with Crippen molar-refractivity contribution in [2.75, 3.05) is 7.11 Å². The van der Waals surface area contributed by atoms with Gasteiger partial charge in [-0.25, -0.2) is 4.79 Å². The molecule has 0 amide bonds. The first-order valence-electron chi connectivity index (χ1n) is 8.97. The Morgan fingerprint density at radius 1 is 1.20 bits per heavy atom. The van der Waals surface area contributed by atoms with Gasteiger partial charge in [0.1, 0.15) is 0 Å². The lowest BCUT2D eigenvalue weighted by Crippen LogP contribution is -2.42. The number of ether oxygens (including phenoxy) is 1. The first-order valence-corrected chi connectivity index (χ1v) is 8.97. The molecular weight excluding hydrogens is 312 g/mol. The Hall–Kier alpha value is -2.09. The van der Waals surface area contributed by atoms with E-state index in [0.717, 1.165) is 36.8 Å². The van der Waals surface area contributed by atoms with Crippen LogP contribution in [0.2, 0.25) is 0 Å². The molecule has 0 aliphatic heterocycles. The molecule has 3 heteroatoms. The predicted octanol–water partition coefficient (Wildman–Crippen LogP) is 4.68. The van der Waals surface area contributed by atoms with Gasteiger partial charge >= 0.3 is 5.97 Å². The minimum absolute atomic E-state index is 0.146. The minimum Gasteiger partial charge on any atom is -0.466 e. The average molecular weight is 340 g/mol. The van der Waals surface area contributed by atoms with Gasteiger partial charge in [0.05, 0.1) is 7.11 Å². The van der Waals surface area contributed by atoms with Crippen LogP contribution in [0.15, 0.2) is 53.3 Å². The lowest BCUT2D eigenvalue weighted by molar-refractivity contribution is -0.154. The van der Waals surface area contributed by atoms with Crippen LogP contribution in [0.3, 0.4) is 0 Å². The van der Waals surface area contributed by atoms with Gasteiger partial charge in [0.25, 0.3) is 0 Å². The van der Waals surface area contributed by atoms with Crippen LogP contribution in [0.1, 0.15) is 51.5 Å². The normalized spacial score (nSPS) is 17.6. The number of benzene rings is 1. The second-order valence-electron chi connectivity index (χ2n) is 6.88. The Morgan fingerprint density at radius 2 is 1.84 bits per heavy atom. The van der Waals surface area contributed by atoms with Gasteiger partial charge in [-0.1, -0.05) is 55.7 Å². The van der Waals surface area contributed by atoms with Crippen molar-refractivity contribution in [3.05, 3.63) is 58.8 Å². The number of methoxy groups -OCH3 is 1. The molecule has 134 valence electrons. The summed E-state index contributed by atoms with van der Waals surface area (Å²) in [7, 11) is 1.31. The van der Waals surface area contributed by atoms with Crippen LogP contribution in [0, 0.1) is 5.92 Å². The van der Waals surface area contributed by atoms with Crippen molar-refractivity contribution in [1.82, 2.24) is 0 Å². The van der Waals surface area contributed by atoms with Crippen LogP contribution in [0.5, 0.6) is 0 Å². The van der Waals surface area contributed by atoms with Crippen molar-refractivity contribution in [3.8, 4) is 0 Å². The molecule has 1 aliphatic rings. The predicted molar refractivity (Wildman–Crippen MR) is 101 cm³/mol. The third kappa shape index (κ3) is 4.94. The first kappa shape index (κ1) is 19.2. The maximum absolute atomic E-state index is 12.5. The van der Waals surface area contributed by atoms with E-state index in [2.05, 4.69) is 5.73 Å². The number of carbonyl (C=O) groups is 1. The van der Waals surface area contributed by atoms with Crippen molar-refractivity contribution in [2.24, 2.45) is 5.92 Å². The molecule has 0 bridgehead atoms. The number of carbonyl (C=O) groups excluding carboxylic acids is 1. The second-order valence-corrected chi connectivity index (χ2v) is 6.88. The van der Waals surface area contributed by atoms with Gasteiger partial charge in [-0.15, -0.1) is 5.73 Å². The Labute approximate surface area is 150 Å². The van der Waals surface area contributed by atoms with Crippen molar-refractivity contribution in [1.29, 1.82) is 0 Å². The van der Waals surface area contributed by atoms with Crippen molar-refractivity contribution in [3.63, 3.8) is 0 Å². The molecule has 0 aromatic heterocycles. The number of hydrogen-bond donors (Lipinski definition) is 1. The summed E-state index contributed by atoms with van der Waals surface area (Å²) in [6.45, 7) is 3.86. The maximum Gasteiger partial charge on any atom is 0.347 e. The van der Waals surface area contributed by atoms with Crippen LogP contribution in [0.4, 0.5) is 0 Å². The van der Waals surface area contributed by atoms with Gasteiger partial charge in [-0.2, -0.15) is 0 Å². The van der Waals surface area contributed by atoms with E-state index in [0.29, 0.717) is 5.57 Å². The highest BCUT2D eigenvalue weighted by Crippen LogP contribution is 2.37. The summed E-state index contributed by atoms with van der Waals surface area (Å²) >= 11 is 0. The highest BCUT2D eigenvalue weighted by Gasteiger charge is 2.42. The van der Waals surface area contributed by atoms with Crippen molar-refractivity contribution >= 4 is 12.0 Å². The van der Waals surface area contributed by atoms with Gasteiger partial charge in [-0.3, -0.25) is 0 Å². The molecule has 0 heterocycles. The topological polar surface area (TPSA) is 46.5 Å². The molecule has 1 fully saturated rings. The molecule has 2 rings (SSSR count). The van der Waals surface area contributed by atoms with Crippen LogP contribution in [-0.2, 0) is 9.53 Å². The van der Waals surface area contributed by atoms with E-state index in [1.54, 1.807) is 12.2 Å². The monoisotopic (exact) mass is 340 g/mol. The van der Waals surface area contributed by atoms with Gasteiger partial charge in [0.2, 0.25) is 5.60 Å². The van der Waals surface area contributed by atoms with Gasteiger partial charge < -0.3 is 9.84 Å². The minimum atomic E-state index is -1.79. The molecule has 0 saturated heterocycles. The Kier molecular flexibility index (Phi) is 6.81. The molecule has 1 aromatic rings. The lowest BCUT2D eigenvalue weighted by atomic mass is 9.76. The second kappa shape index (κ2) is 8.84. The molecule has 1 atom stereocenters. The third-order valence-corrected chi connectivity index (χ3v) is 4.62. The molecule has 1 N–H and O–H groups in total. The maximum atomic E-state index is 12.5. The van der Waals surface area contributed by atoms with E-state index in [4.69, 9.17) is 4.74 Å². The van der Waals surface area contributed by atoms with Gasteiger partial charge in [0.15, 0.2) is 0 Å². The number of aliphatic hydroxyl groups is 1. The standard InChI is InChI=1S/C22H28O3/c1-17(2)16-20(19-12-8-5-9-13-19)22(24,21(23)25-3)15-14-18-10-6-4-7-11-18/h4,6-7,10-11,14-15,19,24H,5,8-9,12-13H2,1-3H3/b15-14+/t22-/m1/s1. The Balaban J connectivity index is 2.50. The highest BCUT2D eigenvalue weighted by atomic mass is 16.5. The molecule has 1 aliphatic carbocycles. The van der Waals surface area contributed by atoms with E-state index in [1.807, 2.05) is 44.2 Å². The molecule has 3 nitrogen and oxygen atoms in total. The van der Waals surface area contributed by atoms with E-state index < -0.39 is 11.6 Å². The molecule has 1 aromatic carbocycles. The first-order chi connectivity index (χ1) is 12.0. The zero-order valence-electron chi connectivity index (χ0n) is 15.4. The number of esters is 1. The molecule has 25 heavy (non-hydrogen) atoms. The Morgan fingerprint density at radius 3 is 2.40 bits per heavy atom. The number of hydrogen-bond acceptors (Lipinski definition) is 3. The zero-order valence-corrected chi connectivity index (χ0v) is 15.4. The summed E-state index contributed by atoms with van der Waals surface area (Å²) in [6.07, 6.45) is 8.67. The average Bonchev–Trinajstić information content (AvgIpc) is 2.65. The van der Waals surface area contributed by atoms with Crippen LogP contribution >= 0.6 is 0 Å². The Bertz CT molecular complexity index is 670. The van der Waals surface area contributed by atoms with Gasteiger partial charge in [0, 0.05) is 5.57 Å². The van der Waals surface area contributed by atoms with Crippen LogP contribution < -0.4 is 0 Å². The molecule has 0 unspecified atom stereocenters. The summed E-state index contributed by atoms with van der Waals surface area (Å²) in [5.41, 5.74) is 3.98. The largest absolute Gasteiger partial charge is 0.466 e. The fraction of sp³-hybridized carbons (Fsp3) is 0.455. The quantitative estimate of drug-likeness (QED) is 0.625. The number of rotatable bonds is 5. The summed E-state index contributed by atoms with van der Waals surface area (Å²) in [6, 6.07) is 9.63.